The van der Waals surface area contributed by atoms with E-state index in [4.69, 9.17) is 4.42 Å². The monoisotopic (exact) mass is 496 g/mol. The normalized spacial score (nSPS) is 19.9. The van der Waals surface area contributed by atoms with Crippen molar-refractivity contribution in [2.75, 3.05) is 17.2 Å². The van der Waals surface area contributed by atoms with E-state index in [0.29, 0.717) is 23.2 Å². The minimum absolute atomic E-state index is 0.00997. The van der Waals surface area contributed by atoms with Crippen LogP contribution in [0.3, 0.4) is 0 Å². The van der Waals surface area contributed by atoms with Gasteiger partial charge in [0.15, 0.2) is 11.4 Å². The Labute approximate surface area is 208 Å². The van der Waals surface area contributed by atoms with E-state index < -0.39 is 18.0 Å². The third-order valence-electron chi connectivity index (χ3n) is 7.00. The molecule has 190 valence electrons. The first-order valence-corrected chi connectivity index (χ1v) is 12.4. The quantitative estimate of drug-likeness (QED) is 0.340. The molecule has 0 atom stereocenters. The summed E-state index contributed by atoms with van der Waals surface area (Å²) in [6, 6.07) is 3.55. The lowest BCUT2D eigenvalue weighted by Gasteiger charge is -2.28. The Balaban J connectivity index is 1.27. The number of pyridine rings is 1. The molecule has 8 nitrogen and oxygen atoms in total. The number of rotatable bonds is 9. The summed E-state index contributed by atoms with van der Waals surface area (Å²) in [5.41, 5.74) is 1.34. The molecule has 0 bridgehead atoms. The molecule has 3 aromatic heterocycles. The molecular formula is C26H30F2N6O2. The van der Waals surface area contributed by atoms with Gasteiger partial charge < -0.3 is 15.1 Å². The van der Waals surface area contributed by atoms with Crippen LogP contribution < -0.4 is 10.6 Å². The van der Waals surface area contributed by atoms with Gasteiger partial charge in [-0.3, -0.25) is 9.48 Å². The second-order valence-corrected chi connectivity index (χ2v) is 9.81. The van der Waals surface area contributed by atoms with Crippen molar-refractivity contribution >= 4 is 17.4 Å². The van der Waals surface area contributed by atoms with E-state index >= 15 is 0 Å². The highest BCUT2D eigenvalue weighted by Crippen LogP contribution is 2.37. The van der Waals surface area contributed by atoms with Gasteiger partial charge in [0.25, 0.3) is 12.3 Å². The maximum absolute atomic E-state index is 13.7. The first kappa shape index (κ1) is 24.1. The number of nitrogens with one attached hydrogen (secondary N) is 2. The Morgan fingerprint density at radius 1 is 1.25 bits per heavy atom. The predicted octanol–water partition coefficient (Wildman–Crippen LogP) is 6.25. The summed E-state index contributed by atoms with van der Waals surface area (Å²) >= 11 is 0. The Hall–Kier alpha value is -3.56. The maximum atomic E-state index is 13.7. The van der Waals surface area contributed by atoms with Crippen molar-refractivity contribution in [1.29, 1.82) is 0 Å². The van der Waals surface area contributed by atoms with E-state index in [0.717, 1.165) is 37.8 Å². The van der Waals surface area contributed by atoms with Crippen molar-refractivity contribution < 1.29 is 18.0 Å². The standard InChI is InChI=1S/C26H30F2N6O2/c1-15(2)17-5-7-19(8-6-17)34-13-20(23(33-34)24(27)28)31-25(35)21-14-36-26(32-21)18-9-10-29-22(11-18)30-12-16-3-4-16/h9-11,13-14,16-17,19,24H,1,3-8,12H2,2H3,(H,29,30)(H,31,35)/t17-,19+. The lowest BCUT2D eigenvalue weighted by molar-refractivity contribution is 0.102. The molecule has 0 saturated heterocycles. The number of allylic oxidation sites excluding steroid dienone is 1. The fourth-order valence-electron chi connectivity index (χ4n) is 4.61. The molecule has 3 aromatic rings. The summed E-state index contributed by atoms with van der Waals surface area (Å²) in [6.45, 7) is 6.92. The van der Waals surface area contributed by atoms with Crippen LogP contribution in [0.5, 0.6) is 0 Å². The van der Waals surface area contributed by atoms with Gasteiger partial charge in [-0.05, 0) is 69.4 Å². The van der Waals surface area contributed by atoms with Crippen molar-refractivity contribution in [3.63, 3.8) is 0 Å². The van der Waals surface area contributed by atoms with Crippen molar-refractivity contribution in [1.82, 2.24) is 19.7 Å². The van der Waals surface area contributed by atoms with Gasteiger partial charge in [0.05, 0.1) is 11.7 Å². The van der Waals surface area contributed by atoms with Gasteiger partial charge in [0.1, 0.15) is 12.1 Å². The summed E-state index contributed by atoms with van der Waals surface area (Å²) < 4.78 is 34.5. The van der Waals surface area contributed by atoms with Gasteiger partial charge >= 0.3 is 0 Å². The second kappa shape index (κ2) is 10.2. The molecule has 3 heterocycles. The Kier molecular flexibility index (Phi) is 6.84. The SMILES string of the molecule is C=C(C)[C@H]1CC[C@@H](n2cc(NC(=O)c3coc(-c4ccnc(NCC5CC5)c4)n3)c(C(F)F)n2)CC1. The largest absolute Gasteiger partial charge is 0.444 e. The molecule has 2 N–H and O–H groups in total. The molecule has 0 radical (unpaired) electrons. The van der Waals surface area contributed by atoms with E-state index in [1.54, 1.807) is 23.0 Å². The molecule has 0 unspecified atom stereocenters. The molecule has 2 saturated carbocycles. The van der Waals surface area contributed by atoms with Gasteiger partial charge in [-0.1, -0.05) is 12.2 Å². The number of oxazole rings is 1. The Morgan fingerprint density at radius 3 is 2.72 bits per heavy atom. The van der Waals surface area contributed by atoms with Gasteiger partial charge in [-0.25, -0.2) is 18.7 Å². The fraction of sp³-hybridized carbons (Fsp3) is 0.462. The summed E-state index contributed by atoms with van der Waals surface area (Å²) in [4.78, 5) is 21.4. The maximum Gasteiger partial charge on any atom is 0.284 e. The molecule has 1 amide bonds. The molecule has 36 heavy (non-hydrogen) atoms. The van der Waals surface area contributed by atoms with Crippen molar-refractivity contribution in [2.45, 2.75) is 57.9 Å². The fourth-order valence-corrected chi connectivity index (χ4v) is 4.61. The molecule has 0 aliphatic heterocycles. The van der Waals surface area contributed by atoms with Crippen LogP contribution in [-0.4, -0.2) is 32.2 Å². The van der Waals surface area contributed by atoms with Crippen molar-refractivity contribution in [3.05, 3.63) is 54.3 Å². The van der Waals surface area contributed by atoms with Crippen LogP contribution >= 0.6 is 0 Å². The number of amides is 1. The van der Waals surface area contributed by atoms with E-state index in [1.165, 1.54) is 25.3 Å². The number of alkyl halides is 2. The Morgan fingerprint density at radius 2 is 2.03 bits per heavy atom. The Bertz CT molecular complexity index is 1240. The summed E-state index contributed by atoms with van der Waals surface area (Å²) in [6.07, 6.45) is 7.53. The van der Waals surface area contributed by atoms with Gasteiger partial charge in [-0.15, -0.1) is 0 Å². The topological polar surface area (TPSA) is 97.9 Å². The second-order valence-electron chi connectivity index (χ2n) is 9.81. The van der Waals surface area contributed by atoms with Crippen LogP contribution in [0.4, 0.5) is 20.3 Å². The molecule has 0 spiro atoms. The number of nitrogens with zero attached hydrogens (tertiary/aromatic N) is 4. The summed E-state index contributed by atoms with van der Waals surface area (Å²) in [5, 5.41) is 9.95. The number of carbonyl (C=O) groups is 1. The zero-order chi connectivity index (χ0) is 25.2. The van der Waals surface area contributed by atoms with Crippen molar-refractivity contribution in [3.8, 4) is 11.5 Å². The smallest absolute Gasteiger partial charge is 0.284 e. The highest BCUT2D eigenvalue weighted by molar-refractivity contribution is 6.03. The van der Waals surface area contributed by atoms with E-state index in [2.05, 4.69) is 32.3 Å². The van der Waals surface area contributed by atoms with Crippen LogP contribution in [0.1, 0.15) is 74.1 Å². The third-order valence-corrected chi connectivity index (χ3v) is 7.00. The van der Waals surface area contributed by atoms with Crippen LogP contribution in [0, 0.1) is 11.8 Å². The number of anilines is 2. The number of carbonyl (C=O) groups excluding carboxylic acids is 1. The van der Waals surface area contributed by atoms with E-state index in [-0.39, 0.29) is 23.3 Å². The molecule has 2 aliphatic rings. The van der Waals surface area contributed by atoms with Crippen LogP contribution in [0.2, 0.25) is 0 Å². The van der Waals surface area contributed by atoms with Crippen molar-refractivity contribution in [2.24, 2.45) is 11.8 Å². The van der Waals surface area contributed by atoms with E-state index in [1.807, 2.05) is 6.92 Å². The molecular weight excluding hydrogens is 466 g/mol. The number of hydrogen-bond donors (Lipinski definition) is 2. The average molecular weight is 497 g/mol. The minimum Gasteiger partial charge on any atom is -0.444 e. The zero-order valence-corrected chi connectivity index (χ0v) is 20.2. The lowest BCUT2D eigenvalue weighted by Crippen LogP contribution is -2.19. The van der Waals surface area contributed by atoms with E-state index in [9.17, 15) is 13.6 Å². The molecule has 10 heteroatoms. The highest BCUT2D eigenvalue weighted by Gasteiger charge is 2.27. The van der Waals surface area contributed by atoms with Gasteiger partial charge in [-0.2, -0.15) is 5.10 Å². The number of hydrogen-bond acceptors (Lipinski definition) is 6. The summed E-state index contributed by atoms with van der Waals surface area (Å²) in [5.74, 6) is 1.46. The van der Waals surface area contributed by atoms with Crippen LogP contribution in [0.25, 0.3) is 11.5 Å². The third kappa shape index (κ3) is 5.47. The zero-order valence-electron chi connectivity index (χ0n) is 20.2. The van der Waals surface area contributed by atoms with Crippen LogP contribution in [-0.2, 0) is 0 Å². The lowest BCUT2D eigenvalue weighted by atomic mass is 9.82. The van der Waals surface area contributed by atoms with Gasteiger partial charge in [0.2, 0.25) is 5.89 Å². The number of aromatic nitrogens is 4. The predicted molar refractivity (Wildman–Crippen MR) is 132 cm³/mol. The highest BCUT2D eigenvalue weighted by atomic mass is 19.3. The molecule has 5 rings (SSSR count). The molecule has 0 aromatic carbocycles. The first-order chi connectivity index (χ1) is 17.4. The first-order valence-electron chi connectivity index (χ1n) is 12.4. The number of halogens is 2. The summed E-state index contributed by atoms with van der Waals surface area (Å²) in [7, 11) is 0. The average Bonchev–Trinajstić information content (AvgIpc) is 3.39. The van der Waals surface area contributed by atoms with Crippen LogP contribution in [0.15, 0.2) is 47.4 Å². The minimum atomic E-state index is -2.82. The molecule has 2 fully saturated rings. The molecule has 2 aliphatic carbocycles. The van der Waals surface area contributed by atoms with Gasteiger partial charge in [0, 0.05) is 24.5 Å².